The summed E-state index contributed by atoms with van der Waals surface area (Å²) in [5.41, 5.74) is 0.107. The predicted octanol–water partition coefficient (Wildman–Crippen LogP) is 1.59. The van der Waals surface area contributed by atoms with E-state index in [1.807, 2.05) is 0 Å². The molecule has 0 aliphatic carbocycles. The highest BCUT2D eigenvalue weighted by atomic mass is 35.5. The van der Waals surface area contributed by atoms with Gasteiger partial charge in [0.1, 0.15) is 0 Å². The third-order valence-electron chi connectivity index (χ3n) is 1.59. The Morgan fingerprint density at radius 1 is 1.50 bits per heavy atom. The summed E-state index contributed by atoms with van der Waals surface area (Å²) in [6.45, 7) is 0. The fourth-order valence-corrected chi connectivity index (χ4v) is 1.48. The molecule has 1 aromatic heterocycles. The van der Waals surface area contributed by atoms with Crippen molar-refractivity contribution in [3.8, 4) is 0 Å². The van der Waals surface area contributed by atoms with Crippen molar-refractivity contribution in [3.05, 3.63) is 28.0 Å². The molecule has 0 radical (unpaired) electrons. The smallest absolute Gasteiger partial charge is 0.339 e. The zero-order valence-electron chi connectivity index (χ0n) is 7.20. The molecule has 14 heavy (non-hydrogen) atoms. The number of carbonyl (C=O) groups is 1. The van der Waals surface area contributed by atoms with E-state index < -0.39 is 12.1 Å². The molecule has 0 spiro atoms. The quantitative estimate of drug-likeness (QED) is 0.792. The van der Waals surface area contributed by atoms with Crippen molar-refractivity contribution in [1.29, 1.82) is 0 Å². The van der Waals surface area contributed by atoms with Gasteiger partial charge in [0.15, 0.2) is 6.10 Å². The van der Waals surface area contributed by atoms with Crippen LogP contribution in [0.4, 0.5) is 0 Å². The van der Waals surface area contributed by atoms with Gasteiger partial charge in [-0.05, 0) is 0 Å². The molecule has 1 heterocycles. The van der Waals surface area contributed by atoms with Gasteiger partial charge in [-0.15, -0.1) is 0 Å². The number of methoxy groups -OCH3 is 1. The first kappa shape index (κ1) is 11.2. The molecular formula is C8H7Cl2NO3. The molecular weight excluding hydrogens is 229 g/mol. The first-order chi connectivity index (χ1) is 6.57. The van der Waals surface area contributed by atoms with E-state index in [9.17, 15) is 9.90 Å². The molecule has 0 aliphatic heterocycles. The maximum Gasteiger partial charge on any atom is 0.339 e. The molecule has 1 rings (SSSR count). The lowest BCUT2D eigenvalue weighted by molar-refractivity contribution is -0.150. The average molecular weight is 236 g/mol. The maximum absolute atomic E-state index is 11.0. The highest BCUT2D eigenvalue weighted by molar-refractivity contribution is 6.36. The number of pyridine rings is 1. The number of ether oxygens (including phenoxy) is 1. The van der Waals surface area contributed by atoms with E-state index in [0.717, 1.165) is 7.11 Å². The van der Waals surface area contributed by atoms with Gasteiger partial charge in [-0.3, -0.25) is 4.98 Å². The van der Waals surface area contributed by atoms with Crippen LogP contribution in [0, 0.1) is 0 Å². The number of aromatic nitrogens is 1. The highest BCUT2D eigenvalue weighted by Gasteiger charge is 2.23. The highest BCUT2D eigenvalue weighted by Crippen LogP contribution is 2.29. The molecule has 0 saturated heterocycles. The largest absolute Gasteiger partial charge is 0.467 e. The average Bonchev–Trinajstić information content (AvgIpc) is 2.16. The molecule has 0 amide bonds. The second kappa shape index (κ2) is 4.59. The lowest BCUT2D eigenvalue weighted by atomic mass is 10.1. The van der Waals surface area contributed by atoms with Crippen LogP contribution in [-0.4, -0.2) is 23.2 Å². The standard InChI is InChI=1S/C8H7Cl2NO3/c1-14-8(13)7(12)6-4(9)2-11-3-5(6)10/h2-3,7,12H,1H3. The number of carbonyl (C=O) groups excluding carboxylic acids is 1. The van der Waals surface area contributed by atoms with Gasteiger partial charge in [0, 0.05) is 18.0 Å². The number of hydrogen-bond donors (Lipinski definition) is 1. The van der Waals surface area contributed by atoms with E-state index in [0.29, 0.717) is 0 Å². The fourth-order valence-electron chi connectivity index (χ4n) is 0.912. The van der Waals surface area contributed by atoms with E-state index in [1.165, 1.54) is 12.4 Å². The van der Waals surface area contributed by atoms with Gasteiger partial charge in [0.2, 0.25) is 0 Å². The van der Waals surface area contributed by atoms with Gasteiger partial charge in [0.25, 0.3) is 0 Å². The van der Waals surface area contributed by atoms with Crippen LogP contribution < -0.4 is 0 Å². The van der Waals surface area contributed by atoms with E-state index in [1.54, 1.807) is 0 Å². The molecule has 0 fully saturated rings. The van der Waals surface area contributed by atoms with Crippen LogP contribution in [0.3, 0.4) is 0 Å². The minimum atomic E-state index is -1.48. The van der Waals surface area contributed by atoms with E-state index in [2.05, 4.69) is 9.72 Å². The number of hydrogen-bond acceptors (Lipinski definition) is 4. The van der Waals surface area contributed by atoms with Gasteiger partial charge in [-0.25, -0.2) is 4.79 Å². The lowest BCUT2D eigenvalue weighted by Gasteiger charge is -2.11. The number of halogens is 2. The molecule has 1 unspecified atom stereocenters. The topological polar surface area (TPSA) is 59.4 Å². The van der Waals surface area contributed by atoms with Crippen LogP contribution in [0.15, 0.2) is 12.4 Å². The SMILES string of the molecule is COC(=O)C(O)c1c(Cl)cncc1Cl. The maximum atomic E-state index is 11.0. The molecule has 76 valence electrons. The molecule has 6 heteroatoms. The Labute approximate surface area is 90.4 Å². The van der Waals surface area contributed by atoms with Crippen molar-refractivity contribution in [3.63, 3.8) is 0 Å². The van der Waals surface area contributed by atoms with Crippen molar-refractivity contribution < 1.29 is 14.6 Å². The van der Waals surface area contributed by atoms with Crippen molar-refractivity contribution in [1.82, 2.24) is 4.98 Å². The molecule has 4 nitrogen and oxygen atoms in total. The second-order valence-electron chi connectivity index (χ2n) is 2.44. The molecule has 0 saturated carbocycles. The summed E-state index contributed by atoms with van der Waals surface area (Å²) in [4.78, 5) is 14.7. The minimum Gasteiger partial charge on any atom is -0.467 e. The number of rotatable bonds is 2. The van der Waals surface area contributed by atoms with Gasteiger partial charge >= 0.3 is 5.97 Å². The van der Waals surface area contributed by atoms with Crippen molar-refractivity contribution in [2.75, 3.05) is 7.11 Å². The third kappa shape index (κ3) is 2.15. The number of aliphatic hydroxyl groups is 1. The first-order valence-electron chi connectivity index (χ1n) is 3.62. The van der Waals surface area contributed by atoms with Crippen molar-refractivity contribution in [2.45, 2.75) is 6.10 Å². The van der Waals surface area contributed by atoms with Crippen molar-refractivity contribution in [2.24, 2.45) is 0 Å². The van der Waals surface area contributed by atoms with Gasteiger partial charge in [-0.1, -0.05) is 23.2 Å². The van der Waals surface area contributed by atoms with Crippen LogP contribution >= 0.6 is 23.2 Å². The predicted molar refractivity (Wildman–Crippen MR) is 51.2 cm³/mol. The Bertz CT molecular complexity index is 336. The Morgan fingerprint density at radius 3 is 2.43 bits per heavy atom. The first-order valence-corrected chi connectivity index (χ1v) is 4.38. The van der Waals surface area contributed by atoms with Crippen LogP contribution in [0.2, 0.25) is 10.0 Å². The summed E-state index contributed by atoms with van der Waals surface area (Å²) in [5.74, 6) is -0.819. The lowest BCUT2D eigenvalue weighted by Crippen LogP contribution is -2.14. The zero-order valence-corrected chi connectivity index (χ0v) is 8.71. The summed E-state index contributed by atoms with van der Waals surface area (Å²) in [7, 11) is 1.16. The number of aliphatic hydroxyl groups excluding tert-OH is 1. The summed E-state index contributed by atoms with van der Waals surface area (Å²) >= 11 is 11.4. The zero-order chi connectivity index (χ0) is 10.7. The molecule has 0 aliphatic rings. The van der Waals surface area contributed by atoms with E-state index in [4.69, 9.17) is 23.2 Å². The second-order valence-corrected chi connectivity index (χ2v) is 3.26. The molecule has 1 atom stereocenters. The minimum absolute atomic E-state index is 0.107. The normalized spacial score (nSPS) is 12.3. The van der Waals surface area contributed by atoms with E-state index in [-0.39, 0.29) is 15.6 Å². The van der Waals surface area contributed by atoms with Gasteiger partial charge in [-0.2, -0.15) is 0 Å². The Kier molecular flexibility index (Phi) is 3.69. The summed E-state index contributed by atoms with van der Waals surface area (Å²) in [6.07, 6.45) is 1.09. The number of esters is 1. The molecule has 0 aromatic carbocycles. The van der Waals surface area contributed by atoms with Crippen LogP contribution in [0.5, 0.6) is 0 Å². The Balaban J connectivity index is 3.11. The van der Waals surface area contributed by atoms with Gasteiger partial charge in [0.05, 0.1) is 17.2 Å². The summed E-state index contributed by atoms with van der Waals surface area (Å²) in [5, 5.41) is 9.72. The van der Waals surface area contributed by atoms with Crippen molar-refractivity contribution >= 4 is 29.2 Å². The Morgan fingerprint density at radius 2 is 2.00 bits per heavy atom. The van der Waals surface area contributed by atoms with E-state index >= 15 is 0 Å². The molecule has 0 bridgehead atoms. The van der Waals surface area contributed by atoms with Crippen LogP contribution in [0.25, 0.3) is 0 Å². The van der Waals surface area contributed by atoms with Gasteiger partial charge < -0.3 is 9.84 Å². The molecule has 1 aromatic rings. The summed E-state index contributed by atoms with van der Waals surface area (Å²) < 4.78 is 4.35. The van der Waals surface area contributed by atoms with Crippen LogP contribution in [-0.2, 0) is 9.53 Å². The molecule has 1 N–H and O–H groups in total. The fraction of sp³-hybridized carbons (Fsp3) is 0.250. The number of nitrogens with zero attached hydrogens (tertiary/aromatic N) is 1. The van der Waals surface area contributed by atoms with Crippen LogP contribution in [0.1, 0.15) is 11.7 Å². The monoisotopic (exact) mass is 235 g/mol. The summed E-state index contributed by atoms with van der Waals surface area (Å²) in [6, 6.07) is 0. The third-order valence-corrected chi connectivity index (χ3v) is 2.19. The Hall–Kier alpha value is -0.840.